The average molecular weight is 301 g/mol. The van der Waals surface area contributed by atoms with Crippen LogP contribution in [0.15, 0.2) is 24.3 Å². The Bertz CT molecular complexity index is 405. The van der Waals surface area contributed by atoms with Crippen molar-refractivity contribution in [3.63, 3.8) is 0 Å². The van der Waals surface area contributed by atoms with E-state index < -0.39 is 5.97 Å². The maximum absolute atomic E-state index is 10.7. The smallest absolute Gasteiger partial charge is 0.335 e. The molecule has 0 bridgehead atoms. The molecule has 6 heteroatoms. The summed E-state index contributed by atoms with van der Waals surface area (Å²) in [6, 6.07) is 6.99. The number of hydrogen-bond acceptors (Lipinski definition) is 4. The van der Waals surface area contributed by atoms with Crippen LogP contribution in [0.3, 0.4) is 0 Å². The van der Waals surface area contributed by atoms with Gasteiger partial charge in [0.2, 0.25) is 0 Å². The number of nitrogens with zero attached hydrogens (tertiary/aromatic N) is 1. The first-order valence-corrected chi connectivity index (χ1v) is 6.59. The monoisotopic (exact) mass is 300 g/mol. The van der Waals surface area contributed by atoms with E-state index in [0.29, 0.717) is 5.56 Å². The van der Waals surface area contributed by atoms with Gasteiger partial charge in [-0.15, -0.1) is 12.4 Å². The molecule has 0 spiro atoms. The van der Waals surface area contributed by atoms with Crippen molar-refractivity contribution in [2.45, 2.75) is 6.54 Å². The first-order chi connectivity index (χ1) is 9.25. The highest BCUT2D eigenvalue weighted by atomic mass is 35.5. The highest BCUT2D eigenvalue weighted by molar-refractivity contribution is 5.87. The number of aromatic carboxylic acids is 1. The molecule has 0 aromatic heterocycles. The second-order valence-corrected chi connectivity index (χ2v) is 4.63. The van der Waals surface area contributed by atoms with E-state index in [1.807, 2.05) is 12.1 Å². The summed E-state index contributed by atoms with van der Waals surface area (Å²) < 4.78 is 5.30. The lowest BCUT2D eigenvalue weighted by atomic mass is 10.1. The van der Waals surface area contributed by atoms with Crippen LogP contribution >= 0.6 is 12.4 Å². The summed E-state index contributed by atoms with van der Waals surface area (Å²) in [7, 11) is 0. The fourth-order valence-electron chi connectivity index (χ4n) is 2.06. The highest BCUT2D eigenvalue weighted by Crippen LogP contribution is 2.04. The number of carboxylic acids is 1. The molecule has 0 aliphatic carbocycles. The Morgan fingerprint density at radius 2 is 1.90 bits per heavy atom. The van der Waals surface area contributed by atoms with Crippen molar-refractivity contribution in [3.8, 4) is 0 Å². The summed E-state index contributed by atoms with van der Waals surface area (Å²) in [5, 5.41) is 12.2. The zero-order chi connectivity index (χ0) is 13.5. The molecule has 1 aliphatic heterocycles. The van der Waals surface area contributed by atoms with Crippen LogP contribution in [0.1, 0.15) is 15.9 Å². The van der Waals surface area contributed by atoms with Crippen molar-refractivity contribution in [1.29, 1.82) is 0 Å². The van der Waals surface area contributed by atoms with E-state index in [1.165, 1.54) is 0 Å². The molecule has 0 saturated carbocycles. The fourth-order valence-corrected chi connectivity index (χ4v) is 2.06. The molecule has 112 valence electrons. The average Bonchev–Trinajstić information content (AvgIpc) is 2.45. The molecule has 1 aromatic rings. The van der Waals surface area contributed by atoms with Gasteiger partial charge in [-0.2, -0.15) is 0 Å². The predicted molar refractivity (Wildman–Crippen MR) is 79.6 cm³/mol. The zero-order valence-corrected chi connectivity index (χ0v) is 12.2. The molecule has 1 aliphatic rings. The number of carboxylic acid groups (broad SMARTS) is 1. The predicted octanol–water partition coefficient (Wildman–Crippen LogP) is 1.23. The van der Waals surface area contributed by atoms with E-state index in [2.05, 4.69) is 10.2 Å². The number of ether oxygens (including phenoxy) is 1. The minimum absolute atomic E-state index is 0. The Labute approximate surface area is 125 Å². The van der Waals surface area contributed by atoms with Gasteiger partial charge in [-0.25, -0.2) is 4.79 Å². The summed E-state index contributed by atoms with van der Waals surface area (Å²) in [4.78, 5) is 13.1. The number of nitrogens with one attached hydrogen (secondary N) is 1. The topological polar surface area (TPSA) is 61.8 Å². The van der Waals surface area contributed by atoms with Crippen LogP contribution in [0.25, 0.3) is 0 Å². The molecular formula is C14H21ClN2O3. The largest absolute Gasteiger partial charge is 0.478 e. The third-order valence-electron chi connectivity index (χ3n) is 3.24. The summed E-state index contributed by atoms with van der Waals surface area (Å²) >= 11 is 0. The molecule has 1 heterocycles. The molecule has 1 aromatic carbocycles. The quantitative estimate of drug-likeness (QED) is 0.774. The third-order valence-corrected chi connectivity index (χ3v) is 3.24. The molecule has 2 N–H and O–H groups in total. The van der Waals surface area contributed by atoms with Gasteiger partial charge >= 0.3 is 5.97 Å². The lowest BCUT2D eigenvalue weighted by Gasteiger charge is -2.26. The van der Waals surface area contributed by atoms with E-state index in [1.54, 1.807) is 12.1 Å². The summed E-state index contributed by atoms with van der Waals surface area (Å²) in [6.45, 7) is 6.40. The summed E-state index contributed by atoms with van der Waals surface area (Å²) in [6.07, 6.45) is 0. The van der Waals surface area contributed by atoms with Crippen LogP contribution in [0.5, 0.6) is 0 Å². The Kier molecular flexibility index (Phi) is 7.54. The second kappa shape index (κ2) is 8.92. The standard InChI is InChI=1S/C14H20N2O3.ClH/c17-14(18)13-3-1-12(2-4-13)11-15-5-6-16-7-9-19-10-8-16;/h1-4,15H,5-11H2,(H,17,18);1H. The normalized spacial score (nSPS) is 15.6. The molecular weight excluding hydrogens is 280 g/mol. The lowest BCUT2D eigenvalue weighted by Crippen LogP contribution is -2.40. The van der Waals surface area contributed by atoms with E-state index in [0.717, 1.165) is 51.5 Å². The second-order valence-electron chi connectivity index (χ2n) is 4.63. The molecule has 5 nitrogen and oxygen atoms in total. The molecule has 1 saturated heterocycles. The van der Waals surface area contributed by atoms with Crippen LogP contribution in [0.4, 0.5) is 0 Å². The first kappa shape index (κ1) is 16.9. The number of benzene rings is 1. The third kappa shape index (κ3) is 5.46. The van der Waals surface area contributed by atoms with Gasteiger partial charge in [-0.05, 0) is 17.7 Å². The van der Waals surface area contributed by atoms with Gasteiger partial charge in [0.1, 0.15) is 0 Å². The minimum Gasteiger partial charge on any atom is -0.478 e. The van der Waals surface area contributed by atoms with Crippen molar-refractivity contribution in [2.24, 2.45) is 0 Å². The Morgan fingerprint density at radius 3 is 2.50 bits per heavy atom. The molecule has 20 heavy (non-hydrogen) atoms. The maximum atomic E-state index is 10.7. The molecule has 2 rings (SSSR count). The highest BCUT2D eigenvalue weighted by Gasteiger charge is 2.08. The maximum Gasteiger partial charge on any atom is 0.335 e. The van der Waals surface area contributed by atoms with Gasteiger partial charge < -0.3 is 15.2 Å². The van der Waals surface area contributed by atoms with Gasteiger partial charge in [-0.1, -0.05) is 12.1 Å². The van der Waals surface area contributed by atoms with Gasteiger partial charge in [0.25, 0.3) is 0 Å². The van der Waals surface area contributed by atoms with Crippen LogP contribution in [-0.4, -0.2) is 55.4 Å². The van der Waals surface area contributed by atoms with Crippen molar-refractivity contribution in [3.05, 3.63) is 35.4 Å². The summed E-state index contributed by atoms with van der Waals surface area (Å²) in [5.41, 5.74) is 1.43. The number of morpholine rings is 1. The van der Waals surface area contributed by atoms with Crippen molar-refractivity contribution < 1.29 is 14.6 Å². The first-order valence-electron chi connectivity index (χ1n) is 6.59. The number of carbonyl (C=O) groups is 1. The zero-order valence-electron chi connectivity index (χ0n) is 11.4. The summed E-state index contributed by atoms with van der Waals surface area (Å²) in [5.74, 6) is -0.883. The van der Waals surface area contributed by atoms with Crippen LogP contribution in [0, 0.1) is 0 Å². The van der Waals surface area contributed by atoms with Crippen molar-refractivity contribution in [1.82, 2.24) is 10.2 Å². The van der Waals surface area contributed by atoms with Crippen LogP contribution in [-0.2, 0) is 11.3 Å². The van der Waals surface area contributed by atoms with E-state index in [9.17, 15) is 4.79 Å². The van der Waals surface area contributed by atoms with Gasteiger partial charge in [0.05, 0.1) is 18.8 Å². The van der Waals surface area contributed by atoms with Crippen molar-refractivity contribution >= 4 is 18.4 Å². The van der Waals surface area contributed by atoms with Crippen LogP contribution < -0.4 is 5.32 Å². The van der Waals surface area contributed by atoms with E-state index in [-0.39, 0.29) is 12.4 Å². The van der Waals surface area contributed by atoms with Gasteiger partial charge in [0, 0.05) is 32.7 Å². The molecule has 0 radical (unpaired) electrons. The molecule has 0 atom stereocenters. The van der Waals surface area contributed by atoms with E-state index >= 15 is 0 Å². The molecule has 0 unspecified atom stereocenters. The number of hydrogen-bond donors (Lipinski definition) is 2. The SMILES string of the molecule is Cl.O=C(O)c1ccc(CNCCN2CCOCC2)cc1. The van der Waals surface area contributed by atoms with E-state index in [4.69, 9.17) is 9.84 Å². The van der Waals surface area contributed by atoms with Crippen LogP contribution in [0.2, 0.25) is 0 Å². The molecule has 0 amide bonds. The van der Waals surface area contributed by atoms with Gasteiger partial charge in [-0.3, -0.25) is 4.90 Å². The minimum atomic E-state index is -0.883. The lowest BCUT2D eigenvalue weighted by molar-refractivity contribution is 0.0384. The van der Waals surface area contributed by atoms with Gasteiger partial charge in [0.15, 0.2) is 0 Å². The Morgan fingerprint density at radius 1 is 1.25 bits per heavy atom. The molecule has 1 fully saturated rings. The fraction of sp³-hybridized carbons (Fsp3) is 0.500. The van der Waals surface area contributed by atoms with Crippen molar-refractivity contribution in [2.75, 3.05) is 39.4 Å². The number of rotatable bonds is 6. The Hall–Kier alpha value is -1.14. The Balaban J connectivity index is 0.00000200. The number of halogens is 1.